The summed E-state index contributed by atoms with van der Waals surface area (Å²) < 4.78 is 0. The summed E-state index contributed by atoms with van der Waals surface area (Å²) in [5.41, 5.74) is 3.66. The first-order valence-corrected chi connectivity index (χ1v) is 6.71. The number of hydrogen-bond donors (Lipinski definition) is 2. The third-order valence-electron chi connectivity index (χ3n) is 3.05. The number of benzene rings is 2. The third kappa shape index (κ3) is 3.55. The molecule has 0 aliphatic rings. The predicted molar refractivity (Wildman–Crippen MR) is 84.3 cm³/mol. The van der Waals surface area contributed by atoms with Gasteiger partial charge in [-0.2, -0.15) is 0 Å². The Kier molecular flexibility index (Phi) is 4.53. The average Bonchev–Trinajstić information content (AvgIpc) is 2.46. The van der Waals surface area contributed by atoms with Crippen molar-refractivity contribution in [1.82, 2.24) is 10.6 Å². The number of aryl methyl sites for hydroxylation is 1. The summed E-state index contributed by atoms with van der Waals surface area (Å²) in [5, 5.41) is 6.95. The zero-order valence-corrected chi connectivity index (χ0v) is 12.0. The lowest BCUT2D eigenvalue weighted by Crippen LogP contribution is -2.36. The van der Waals surface area contributed by atoms with E-state index >= 15 is 0 Å². The molecular weight excluding hydrogens is 252 g/mol. The highest BCUT2D eigenvalue weighted by molar-refractivity contribution is 7.80. The van der Waals surface area contributed by atoms with Crippen molar-refractivity contribution in [3.8, 4) is 0 Å². The zero-order chi connectivity index (χ0) is 13.7. The summed E-state index contributed by atoms with van der Waals surface area (Å²) in [4.78, 5) is 0. The molecule has 1 atom stereocenters. The van der Waals surface area contributed by atoms with Crippen LogP contribution < -0.4 is 10.6 Å². The smallest absolute Gasteiger partial charge is 0.166 e. The first-order valence-electron chi connectivity index (χ1n) is 6.30. The van der Waals surface area contributed by atoms with Crippen LogP contribution in [0.5, 0.6) is 0 Å². The SMILES string of the molecule is CNC(=S)NC(c1ccccc1)c1ccc(C)cc1. The molecule has 1 unspecified atom stereocenters. The van der Waals surface area contributed by atoms with Crippen LogP contribution in [0.1, 0.15) is 22.7 Å². The normalized spacial score (nSPS) is 11.7. The van der Waals surface area contributed by atoms with Crippen LogP contribution in [-0.2, 0) is 0 Å². The highest BCUT2D eigenvalue weighted by Gasteiger charge is 2.14. The second kappa shape index (κ2) is 6.34. The molecule has 2 rings (SSSR count). The largest absolute Gasteiger partial charge is 0.366 e. The van der Waals surface area contributed by atoms with Crippen molar-refractivity contribution in [2.45, 2.75) is 13.0 Å². The molecule has 0 heterocycles. The topological polar surface area (TPSA) is 24.1 Å². The monoisotopic (exact) mass is 270 g/mol. The number of rotatable bonds is 3. The van der Waals surface area contributed by atoms with E-state index in [1.165, 1.54) is 16.7 Å². The first-order chi connectivity index (χ1) is 9.20. The molecule has 3 heteroatoms. The van der Waals surface area contributed by atoms with E-state index in [2.05, 4.69) is 54.0 Å². The molecule has 2 aromatic carbocycles. The minimum atomic E-state index is 0.0711. The van der Waals surface area contributed by atoms with Crippen LogP contribution in [0.4, 0.5) is 0 Å². The fourth-order valence-corrected chi connectivity index (χ4v) is 2.08. The van der Waals surface area contributed by atoms with Crippen molar-refractivity contribution in [2.24, 2.45) is 0 Å². The fraction of sp³-hybridized carbons (Fsp3) is 0.188. The van der Waals surface area contributed by atoms with Gasteiger partial charge in [-0.15, -0.1) is 0 Å². The van der Waals surface area contributed by atoms with Crippen LogP contribution in [0.15, 0.2) is 54.6 Å². The van der Waals surface area contributed by atoms with Crippen LogP contribution >= 0.6 is 12.2 Å². The van der Waals surface area contributed by atoms with E-state index in [9.17, 15) is 0 Å². The van der Waals surface area contributed by atoms with Crippen molar-refractivity contribution >= 4 is 17.3 Å². The number of nitrogens with one attached hydrogen (secondary N) is 2. The van der Waals surface area contributed by atoms with E-state index in [1.54, 1.807) is 0 Å². The Morgan fingerprint density at radius 3 is 2.11 bits per heavy atom. The van der Waals surface area contributed by atoms with Gasteiger partial charge >= 0.3 is 0 Å². The van der Waals surface area contributed by atoms with Gasteiger partial charge in [-0.1, -0.05) is 60.2 Å². The van der Waals surface area contributed by atoms with Crippen LogP contribution in [0.2, 0.25) is 0 Å². The Bertz CT molecular complexity index is 534. The van der Waals surface area contributed by atoms with E-state index in [0.717, 1.165) is 0 Å². The molecule has 0 aromatic heterocycles. The molecule has 98 valence electrons. The molecule has 0 saturated carbocycles. The van der Waals surface area contributed by atoms with Gasteiger partial charge in [-0.05, 0) is 30.3 Å². The first kappa shape index (κ1) is 13.6. The standard InChI is InChI=1S/C16H18N2S/c1-12-8-10-14(11-9-12)15(18-16(19)17-2)13-6-4-3-5-7-13/h3-11,15H,1-2H3,(H2,17,18,19). The van der Waals surface area contributed by atoms with Gasteiger partial charge in [0.2, 0.25) is 0 Å². The minimum absolute atomic E-state index is 0.0711. The van der Waals surface area contributed by atoms with E-state index in [0.29, 0.717) is 5.11 Å². The molecule has 0 amide bonds. The second-order valence-corrected chi connectivity index (χ2v) is 4.89. The maximum Gasteiger partial charge on any atom is 0.166 e. The van der Waals surface area contributed by atoms with Gasteiger partial charge in [0.15, 0.2) is 5.11 Å². The minimum Gasteiger partial charge on any atom is -0.366 e. The maximum atomic E-state index is 5.24. The molecule has 0 fully saturated rings. The van der Waals surface area contributed by atoms with Crippen molar-refractivity contribution in [3.05, 3.63) is 71.3 Å². The van der Waals surface area contributed by atoms with Gasteiger partial charge in [0, 0.05) is 7.05 Å². The summed E-state index contributed by atoms with van der Waals surface area (Å²) >= 11 is 5.24. The molecule has 2 aromatic rings. The van der Waals surface area contributed by atoms with E-state index in [4.69, 9.17) is 12.2 Å². The molecule has 0 bridgehead atoms. The van der Waals surface area contributed by atoms with Crippen LogP contribution in [0.3, 0.4) is 0 Å². The Balaban J connectivity index is 2.34. The average molecular weight is 270 g/mol. The Hall–Kier alpha value is -1.87. The van der Waals surface area contributed by atoms with Crippen LogP contribution in [0, 0.1) is 6.92 Å². The molecular formula is C16H18N2S. The molecule has 0 spiro atoms. The van der Waals surface area contributed by atoms with Crippen molar-refractivity contribution in [1.29, 1.82) is 0 Å². The van der Waals surface area contributed by atoms with E-state index in [1.807, 2.05) is 25.2 Å². The molecule has 19 heavy (non-hydrogen) atoms. The predicted octanol–water partition coefficient (Wildman–Crippen LogP) is 3.18. The van der Waals surface area contributed by atoms with Crippen molar-refractivity contribution in [2.75, 3.05) is 7.05 Å². The Labute approximate surface area is 119 Å². The molecule has 2 N–H and O–H groups in total. The molecule has 0 aliphatic carbocycles. The summed E-state index contributed by atoms with van der Waals surface area (Å²) in [6, 6.07) is 18.9. The highest BCUT2D eigenvalue weighted by atomic mass is 32.1. The van der Waals surface area contributed by atoms with Gasteiger partial charge in [0.25, 0.3) is 0 Å². The fourth-order valence-electron chi connectivity index (χ4n) is 1.97. The summed E-state index contributed by atoms with van der Waals surface area (Å²) in [7, 11) is 1.83. The zero-order valence-electron chi connectivity index (χ0n) is 11.2. The van der Waals surface area contributed by atoms with Gasteiger partial charge < -0.3 is 10.6 Å². The molecule has 0 aliphatic heterocycles. The number of hydrogen-bond acceptors (Lipinski definition) is 1. The van der Waals surface area contributed by atoms with Gasteiger partial charge in [0.1, 0.15) is 0 Å². The van der Waals surface area contributed by atoms with Crippen molar-refractivity contribution < 1.29 is 0 Å². The van der Waals surface area contributed by atoms with Gasteiger partial charge in [0.05, 0.1) is 6.04 Å². The van der Waals surface area contributed by atoms with Crippen LogP contribution in [-0.4, -0.2) is 12.2 Å². The number of thiocarbonyl (C=S) groups is 1. The molecule has 0 radical (unpaired) electrons. The molecule has 2 nitrogen and oxygen atoms in total. The summed E-state index contributed by atoms with van der Waals surface area (Å²) in [6.45, 7) is 2.09. The Morgan fingerprint density at radius 2 is 1.53 bits per heavy atom. The summed E-state index contributed by atoms with van der Waals surface area (Å²) in [5.74, 6) is 0. The van der Waals surface area contributed by atoms with E-state index in [-0.39, 0.29) is 6.04 Å². The lowest BCUT2D eigenvalue weighted by molar-refractivity contribution is 0.752. The maximum absolute atomic E-state index is 5.24. The second-order valence-electron chi connectivity index (χ2n) is 4.48. The third-order valence-corrected chi connectivity index (χ3v) is 3.37. The van der Waals surface area contributed by atoms with E-state index < -0.39 is 0 Å². The van der Waals surface area contributed by atoms with Crippen molar-refractivity contribution in [3.63, 3.8) is 0 Å². The van der Waals surface area contributed by atoms with Gasteiger partial charge in [-0.25, -0.2) is 0 Å². The lowest BCUT2D eigenvalue weighted by atomic mass is 9.98. The Morgan fingerprint density at radius 1 is 0.947 bits per heavy atom. The quantitative estimate of drug-likeness (QED) is 0.838. The molecule has 0 saturated heterocycles. The summed E-state index contributed by atoms with van der Waals surface area (Å²) in [6.07, 6.45) is 0. The lowest BCUT2D eigenvalue weighted by Gasteiger charge is -2.21. The van der Waals surface area contributed by atoms with Crippen LogP contribution in [0.25, 0.3) is 0 Å². The highest BCUT2D eigenvalue weighted by Crippen LogP contribution is 2.22. The van der Waals surface area contributed by atoms with Gasteiger partial charge in [-0.3, -0.25) is 0 Å².